The van der Waals surface area contributed by atoms with E-state index in [1.54, 1.807) is 6.20 Å². The maximum atomic E-state index is 7.15. The number of nitrogens with one attached hydrogen (secondary N) is 2. The minimum absolute atomic E-state index is 0.195. The van der Waals surface area contributed by atoms with Crippen molar-refractivity contribution in [3.63, 3.8) is 0 Å². The van der Waals surface area contributed by atoms with E-state index in [1.807, 2.05) is 30.3 Å². The molecule has 0 unspecified atom stereocenters. The molecule has 4 nitrogen and oxygen atoms in total. The summed E-state index contributed by atoms with van der Waals surface area (Å²) in [5, 5.41) is 11.5. The van der Waals surface area contributed by atoms with Crippen LogP contribution in [0.2, 0.25) is 0 Å². The summed E-state index contributed by atoms with van der Waals surface area (Å²) < 4.78 is 0. The molecule has 0 fully saturated rings. The van der Waals surface area contributed by atoms with E-state index >= 15 is 0 Å². The van der Waals surface area contributed by atoms with Gasteiger partial charge in [0.15, 0.2) is 0 Å². The minimum atomic E-state index is 0.195. The molecule has 0 amide bonds. The third-order valence-corrected chi connectivity index (χ3v) is 2.34. The number of anilines is 1. The Bertz CT molecular complexity index is 502. The lowest BCUT2D eigenvalue weighted by Crippen LogP contribution is -2.15. The summed E-state index contributed by atoms with van der Waals surface area (Å²) in [4.78, 5) is 4.33. The second-order valence-corrected chi connectivity index (χ2v) is 3.58. The first-order valence-electron chi connectivity index (χ1n) is 5.18. The Morgan fingerprint density at radius 3 is 2.94 bits per heavy atom. The van der Waals surface area contributed by atoms with Crippen LogP contribution in [-0.4, -0.2) is 17.4 Å². The van der Waals surface area contributed by atoms with Crippen LogP contribution < -0.4 is 11.1 Å². The lowest BCUT2D eigenvalue weighted by atomic mass is 10.2. The highest BCUT2D eigenvalue weighted by molar-refractivity contribution is 5.90. The van der Waals surface area contributed by atoms with Gasteiger partial charge in [0.05, 0.1) is 17.0 Å². The molecule has 2 rings (SSSR count). The lowest BCUT2D eigenvalue weighted by Gasteiger charge is -2.08. The number of hydrogen-bond donors (Lipinski definition) is 3. The maximum absolute atomic E-state index is 7.15. The van der Waals surface area contributed by atoms with Gasteiger partial charge in [-0.25, -0.2) is 0 Å². The van der Waals surface area contributed by atoms with E-state index in [-0.39, 0.29) is 5.84 Å². The van der Waals surface area contributed by atoms with E-state index in [9.17, 15) is 0 Å². The number of para-hydroxylation sites is 1. The lowest BCUT2D eigenvalue weighted by molar-refractivity contribution is 1.08. The molecular formula is C12H14N4. The van der Waals surface area contributed by atoms with Crippen LogP contribution in [0.4, 0.5) is 5.69 Å². The van der Waals surface area contributed by atoms with Gasteiger partial charge in [-0.2, -0.15) is 0 Å². The number of fused-ring (bicyclic) bond motifs is 1. The average Bonchev–Trinajstić information content (AvgIpc) is 2.29. The number of aromatic nitrogens is 1. The first-order valence-corrected chi connectivity index (χ1v) is 5.18. The van der Waals surface area contributed by atoms with Crippen LogP contribution in [0, 0.1) is 5.41 Å². The highest BCUT2D eigenvalue weighted by Gasteiger charge is 2.00. The van der Waals surface area contributed by atoms with Crippen LogP contribution >= 0.6 is 0 Å². The molecule has 0 spiro atoms. The Morgan fingerprint density at radius 2 is 2.12 bits per heavy atom. The van der Waals surface area contributed by atoms with Gasteiger partial charge in [-0.3, -0.25) is 10.4 Å². The highest BCUT2D eigenvalue weighted by atomic mass is 14.9. The summed E-state index contributed by atoms with van der Waals surface area (Å²) in [6.45, 7) is 0.658. The van der Waals surface area contributed by atoms with Gasteiger partial charge in [-0.1, -0.05) is 18.2 Å². The summed E-state index contributed by atoms with van der Waals surface area (Å²) in [6, 6.07) is 9.94. The van der Waals surface area contributed by atoms with Crippen molar-refractivity contribution < 1.29 is 0 Å². The third-order valence-electron chi connectivity index (χ3n) is 2.34. The largest absolute Gasteiger partial charge is 0.388 e. The summed E-state index contributed by atoms with van der Waals surface area (Å²) >= 11 is 0. The Morgan fingerprint density at radius 1 is 1.31 bits per heavy atom. The number of pyridine rings is 1. The Labute approximate surface area is 94.0 Å². The Balaban J connectivity index is 2.20. The summed E-state index contributed by atoms with van der Waals surface area (Å²) in [6.07, 6.45) is 2.32. The standard InChI is InChI=1S/C12H14N4/c13-11(14)6-8-15-10-5-1-3-9-4-2-7-16-12(9)10/h1-5,7,15H,6,8H2,(H3,13,14). The van der Waals surface area contributed by atoms with Gasteiger partial charge in [0.2, 0.25) is 0 Å². The number of nitrogens with zero attached hydrogens (tertiary/aromatic N) is 1. The molecule has 16 heavy (non-hydrogen) atoms. The van der Waals surface area contributed by atoms with Crippen LogP contribution in [-0.2, 0) is 0 Å². The molecule has 0 atom stereocenters. The summed E-state index contributed by atoms with van der Waals surface area (Å²) in [5.41, 5.74) is 7.23. The SMILES string of the molecule is N=C(N)CCNc1cccc2cccnc12. The van der Waals surface area contributed by atoms with Crippen molar-refractivity contribution in [2.24, 2.45) is 5.73 Å². The fourth-order valence-electron chi connectivity index (χ4n) is 1.58. The molecule has 0 saturated carbocycles. The van der Waals surface area contributed by atoms with Gasteiger partial charge in [0.1, 0.15) is 0 Å². The molecule has 1 aromatic carbocycles. The summed E-state index contributed by atoms with van der Waals surface area (Å²) in [7, 11) is 0. The van der Waals surface area contributed by atoms with Crippen LogP contribution in [0.3, 0.4) is 0 Å². The smallest absolute Gasteiger partial charge is 0.0933 e. The predicted molar refractivity (Wildman–Crippen MR) is 66.8 cm³/mol. The fraction of sp³-hybridized carbons (Fsp3) is 0.167. The topological polar surface area (TPSA) is 74.8 Å². The molecule has 0 saturated heterocycles. The highest BCUT2D eigenvalue weighted by Crippen LogP contribution is 2.20. The average molecular weight is 214 g/mol. The zero-order chi connectivity index (χ0) is 11.4. The number of benzene rings is 1. The van der Waals surface area contributed by atoms with Gasteiger partial charge >= 0.3 is 0 Å². The fourth-order valence-corrected chi connectivity index (χ4v) is 1.58. The van der Waals surface area contributed by atoms with E-state index in [0.29, 0.717) is 13.0 Å². The van der Waals surface area contributed by atoms with Gasteiger partial charge in [0.25, 0.3) is 0 Å². The molecular weight excluding hydrogens is 200 g/mol. The number of hydrogen-bond acceptors (Lipinski definition) is 3. The molecule has 2 aromatic rings. The molecule has 0 aliphatic carbocycles. The minimum Gasteiger partial charge on any atom is -0.388 e. The second kappa shape index (κ2) is 4.61. The quantitative estimate of drug-likeness (QED) is 0.538. The first-order chi connectivity index (χ1) is 7.77. The van der Waals surface area contributed by atoms with E-state index in [4.69, 9.17) is 11.1 Å². The van der Waals surface area contributed by atoms with E-state index < -0.39 is 0 Å². The molecule has 4 heteroatoms. The van der Waals surface area contributed by atoms with E-state index in [1.165, 1.54) is 0 Å². The van der Waals surface area contributed by atoms with Crippen LogP contribution in [0.15, 0.2) is 36.5 Å². The van der Waals surface area contributed by atoms with Crippen molar-refractivity contribution in [3.8, 4) is 0 Å². The molecule has 1 heterocycles. The van der Waals surface area contributed by atoms with Crippen molar-refractivity contribution in [1.82, 2.24) is 4.98 Å². The van der Waals surface area contributed by atoms with Gasteiger partial charge in [-0.05, 0) is 12.1 Å². The predicted octanol–water partition coefficient (Wildman–Crippen LogP) is 1.97. The maximum Gasteiger partial charge on any atom is 0.0933 e. The number of amidine groups is 1. The molecule has 0 radical (unpaired) electrons. The molecule has 0 aliphatic rings. The van der Waals surface area contributed by atoms with Crippen molar-refractivity contribution in [2.75, 3.05) is 11.9 Å². The van der Waals surface area contributed by atoms with E-state index in [0.717, 1.165) is 16.6 Å². The first kappa shape index (κ1) is 10.4. The van der Waals surface area contributed by atoms with Gasteiger partial charge < -0.3 is 11.1 Å². The second-order valence-electron chi connectivity index (χ2n) is 3.58. The van der Waals surface area contributed by atoms with Crippen molar-refractivity contribution in [2.45, 2.75) is 6.42 Å². The summed E-state index contributed by atoms with van der Waals surface area (Å²) in [5.74, 6) is 0.195. The Hall–Kier alpha value is -2.10. The molecule has 82 valence electrons. The Kier molecular flexibility index (Phi) is 3.00. The van der Waals surface area contributed by atoms with Crippen LogP contribution in [0.25, 0.3) is 10.9 Å². The van der Waals surface area contributed by atoms with Crippen LogP contribution in [0.1, 0.15) is 6.42 Å². The van der Waals surface area contributed by atoms with Crippen LogP contribution in [0.5, 0.6) is 0 Å². The molecule has 1 aromatic heterocycles. The van der Waals surface area contributed by atoms with Crippen molar-refractivity contribution in [1.29, 1.82) is 5.41 Å². The third kappa shape index (κ3) is 2.28. The molecule has 0 bridgehead atoms. The molecule has 0 aliphatic heterocycles. The van der Waals surface area contributed by atoms with Crippen molar-refractivity contribution >= 4 is 22.4 Å². The number of rotatable bonds is 4. The zero-order valence-electron chi connectivity index (χ0n) is 8.90. The number of nitrogens with two attached hydrogens (primary N) is 1. The molecule has 4 N–H and O–H groups in total. The van der Waals surface area contributed by atoms with Gasteiger partial charge in [-0.15, -0.1) is 0 Å². The van der Waals surface area contributed by atoms with Gasteiger partial charge in [0, 0.05) is 24.5 Å². The zero-order valence-corrected chi connectivity index (χ0v) is 8.90. The van der Waals surface area contributed by atoms with E-state index in [2.05, 4.69) is 10.3 Å². The monoisotopic (exact) mass is 214 g/mol. The van der Waals surface area contributed by atoms with Crippen molar-refractivity contribution in [3.05, 3.63) is 36.5 Å². The normalized spacial score (nSPS) is 10.2.